The summed E-state index contributed by atoms with van der Waals surface area (Å²) in [5, 5.41) is 9.56. The SMILES string of the molecule is CC1CC2CC(CC(C)C2(CC(=O)N2CC(O)C2)c2ccc(F)cc2)O1. The number of carbonyl (C=O) groups excluding carboxylic acids is 1. The van der Waals surface area contributed by atoms with E-state index >= 15 is 0 Å². The second kappa shape index (κ2) is 6.61. The van der Waals surface area contributed by atoms with Crippen LogP contribution < -0.4 is 0 Å². The topological polar surface area (TPSA) is 49.8 Å². The molecule has 5 atom stereocenters. The number of carbonyl (C=O) groups is 1. The summed E-state index contributed by atoms with van der Waals surface area (Å²) < 4.78 is 19.7. The van der Waals surface area contributed by atoms with Gasteiger partial charge < -0.3 is 14.7 Å². The van der Waals surface area contributed by atoms with Gasteiger partial charge in [-0.3, -0.25) is 4.79 Å². The third-order valence-corrected chi connectivity index (χ3v) is 6.85. The summed E-state index contributed by atoms with van der Waals surface area (Å²) in [7, 11) is 0. The standard InChI is InChI=1S/C21H28FNO3/c1-13-7-19-9-16(8-14(2)26-19)21(13,15-3-5-17(22)6-4-15)10-20(25)23-11-18(24)12-23/h3-6,13-14,16,18-19,24H,7-12H2,1-2H3. The molecule has 1 saturated carbocycles. The molecule has 5 heteroatoms. The molecule has 1 amide bonds. The predicted octanol–water partition coefficient (Wildman–Crippen LogP) is 2.88. The van der Waals surface area contributed by atoms with Crippen molar-refractivity contribution in [3.05, 3.63) is 35.6 Å². The van der Waals surface area contributed by atoms with Gasteiger partial charge in [-0.2, -0.15) is 0 Å². The van der Waals surface area contributed by atoms with Crippen molar-refractivity contribution in [2.24, 2.45) is 11.8 Å². The highest BCUT2D eigenvalue weighted by molar-refractivity contribution is 5.79. The molecule has 1 aromatic rings. The van der Waals surface area contributed by atoms with E-state index in [1.54, 1.807) is 4.90 Å². The predicted molar refractivity (Wildman–Crippen MR) is 96.1 cm³/mol. The highest BCUT2D eigenvalue weighted by Crippen LogP contribution is 2.54. The molecule has 4 nitrogen and oxygen atoms in total. The fraction of sp³-hybridized carbons (Fsp3) is 0.667. The first-order valence-electron chi connectivity index (χ1n) is 9.76. The maximum atomic E-state index is 13.6. The van der Waals surface area contributed by atoms with E-state index in [0.717, 1.165) is 24.8 Å². The number of aliphatic hydroxyl groups excluding tert-OH is 1. The summed E-state index contributed by atoms with van der Waals surface area (Å²) in [6.45, 7) is 5.18. The van der Waals surface area contributed by atoms with Crippen LogP contribution in [0.1, 0.15) is 45.1 Å². The summed E-state index contributed by atoms with van der Waals surface area (Å²) >= 11 is 0. The number of nitrogens with zero attached hydrogens (tertiary/aromatic N) is 1. The number of halogens is 1. The number of likely N-dealkylation sites (tertiary alicyclic amines) is 1. The van der Waals surface area contributed by atoms with Gasteiger partial charge in [-0.05, 0) is 55.7 Å². The summed E-state index contributed by atoms with van der Waals surface area (Å²) in [6, 6.07) is 6.75. The number of β-amino-alcohol motifs (C(OH)–C–C–N with tert-alkyl or cyclic N) is 1. The molecule has 3 fully saturated rings. The molecule has 2 saturated heterocycles. The molecule has 2 bridgehead atoms. The minimum absolute atomic E-state index is 0.101. The van der Waals surface area contributed by atoms with Crippen molar-refractivity contribution in [2.45, 2.75) is 63.3 Å². The van der Waals surface area contributed by atoms with Crippen molar-refractivity contribution in [3.8, 4) is 0 Å². The van der Waals surface area contributed by atoms with Crippen LogP contribution in [0.5, 0.6) is 0 Å². The molecular formula is C21H28FNO3. The van der Waals surface area contributed by atoms with Gasteiger partial charge in [0.15, 0.2) is 0 Å². The van der Waals surface area contributed by atoms with Crippen molar-refractivity contribution in [1.82, 2.24) is 4.90 Å². The van der Waals surface area contributed by atoms with E-state index in [0.29, 0.717) is 25.4 Å². The Bertz CT molecular complexity index is 668. The number of hydrogen-bond acceptors (Lipinski definition) is 3. The summed E-state index contributed by atoms with van der Waals surface area (Å²) in [6.07, 6.45) is 3.29. The zero-order chi connectivity index (χ0) is 18.5. The minimum Gasteiger partial charge on any atom is -0.389 e. The van der Waals surface area contributed by atoms with E-state index in [1.165, 1.54) is 12.1 Å². The molecule has 1 aromatic carbocycles. The van der Waals surface area contributed by atoms with E-state index in [1.807, 2.05) is 12.1 Å². The smallest absolute Gasteiger partial charge is 0.223 e. The fourth-order valence-electron chi connectivity index (χ4n) is 5.56. The lowest BCUT2D eigenvalue weighted by atomic mass is 9.53. The van der Waals surface area contributed by atoms with E-state index in [4.69, 9.17) is 4.74 Å². The van der Waals surface area contributed by atoms with Gasteiger partial charge in [0.05, 0.1) is 18.3 Å². The number of fused-ring (bicyclic) bond motifs is 2. The Morgan fingerprint density at radius 2 is 1.92 bits per heavy atom. The van der Waals surface area contributed by atoms with E-state index in [-0.39, 0.29) is 35.3 Å². The first kappa shape index (κ1) is 17.9. The zero-order valence-corrected chi connectivity index (χ0v) is 15.5. The highest BCUT2D eigenvalue weighted by Gasteiger charge is 2.53. The summed E-state index contributed by atoms with van der Waals surface area (Å²) in [5.41, 5.74) is 0.776. The van der Waals surface area contributed by atoms with E-state index < -0.39 is 6.10 Å². The van der Waals surface area contributed by atoms with Gasteiger partial charge in [0.1, 0.15) is 5.82 Å². The largest absolute Gasteiger partial charge is 0.389 e. The Morgan fingerprint density at radius 1 is 1.23 bits per heavy atom. The Hall–Kier alpha value is -1.46. The molecule has 1 aliphatic carbocycles. The quantitative estimate of drug-likeness (QED) is 0.901. The highest BCUT2D eigenvalue weighted by atomic mass is 19.1. The van der Waals surface area contributed by atoms with Crippen molar-refractivity contribution in [3.63, 3.8) is 0 Å². The maximum Gasteiger partial charge on any atom is 0.223 e. The summed E-state index contributed by atoms with van der Waals surface area (Å²) in [4.78, 5) is 14.7. The molecule has 142 valence electrons. The van der Waals surface area contributed by atoms with Crippen LogP contribution in [0.3, 0.4) is 0 Å². The zero-order valence-electron chi connectivity index (χ0n) is 15.5. The van der Waals surface area contributed by atoms with Crippen LogP contribution in [0, 0.1) is 17.7 Å². The molecule has 0 aromatic heterocycles. The van der Waals surface area contributed by atoms with Crippen LogP contribution in [0.2, 0.25) is 0 Å². The Kier molecular flexibility index (Phi) is 4.56. The van der Waals surface area contributed by atoms with Gasteiger partial charge in [0.2, 0.25) is 5.91 Å². The van der Waals surface area contributed by atoms with Crippen LogP contribution in [-0.4, -0.2) is 47.3 Å². The van der Waals surface area contributed by atoms with Crippen LogP contribution in [-0.2, 0) is 14.9 Å². The van der Waals surface area contributed by atoms with Crippen molar-refractivity contribution < 1.29 is 19.0 Å². The molecule has 3 aliphatic rings. The van der Waals surface area contributed by atoms with Gasteiger partial charge in [-0.25, -0.2) is 4.39 Å². The van der Waals surface area contributed by atoms with Gasteiger partial charge in [0, 0.05) is 24.9 Å². The minimum atomic E-state index is -0.392. The molecule has 1 N–H and O–H groups in total. The lowest BCUT2D eigenvalue weighted by Gasteiger charge is -2.55. The Morgan fingerprint density at radius 3 is 2.58 bits per heavy atom. The fourth-order valence-corrected chi connectivity index (χ4v) is 5.56. The monoisotopic (exact) mass is 361 g/mol. The molecule has 0 radical (unpaired) electrons. The molecule has 4 rings (SSSR count). The lowest BCUT2D eigenvalue weighted by Crippen LogP contribution is -2.58. The second-order valence-corrected chi connectivity index (χ2v) is 8.55. The number of benzene rings is 1. The Balaban J connectivity index is 1.70. The van der Waals surface area contributed by atoms with Crippen LogP contribution in [0.25, 0.3) is 0 Å². The first-order valence-corrected chi connectivity index (χ1v) is 9.76. The van der Waals surface area contributed by atoms with Crippen LogP contribution in [0.15, 0.2) is 24.3 Å². The van der Waals surface area contributed by atoms with Crippen LogP contribution in [0.4, 0.5) is 4.39 Å². The number of ether oxygens (including phenoxy) is 1. The average molecular weight is 361 g/mol. The number of amides is 1. The number of rotatable bonds is 3. The molecule has 26 heavy (non-hydrogen) atoms. The van der Waals surface area contributed by atoms with Crippen molar-refractivity contribution >= 4 is 5.91 Å². The molecule has 2 aliphatic heterocycles. The maximum absolute atomic E-state index is 13.6. The first-order chi connectivity index (χ1) is 12.4. The van der Waals surface area contributed by atoms with Gasteiger partial charge in [0.25, 0.3) is 0 Å². The third kappa shape index (κ3) is 2.95. The van der Waals surface area contributed by atoms with Crippen molar-refractivity contribution in [2.75, 3.05) is 13.1 Å². The Labute approximate surface area is 154 Å². The third-order valence-electron chi connectivity index (χ3n) is 6.85. The van der Waals surface area contributed by atoms with E-state index in [2.05, 4.69) is 13.8 Å². The van der Waals surface area contributed by atoms with Gasteiger partial charge >= 0.3 is 0 Å². The molecule has 5 unspecified atom stereocenters. The summed E-state index contributed by atoms with van der Waals surface area (Å²) in [5.74, 6) is 0.479. The van der Waals surface area contributed by atoms with Crippen molar-refractivity contribution in [1.29, 1.82) is 0 Å². The van der Waals surface area contributed by atoms with Gasteiger partial charge in [-0.1, -0.05) is 19.1 Å². The van der Waals surface area contributed by atoms with Gasteiger partial charge in [-0.15, -0.1) is 0 Å². The van der Waals surface area contributed by atoms with E-state index in [9.17, 15) is 14.3 Å². The molecule has 2 heterocycles. The normalized spacial score (nSPS) is 37.3. The number of aliphatic hydroxyl groups is 1. The lowest BCUT2D eigenvalue weighted by molar-refractivity contribution is -0.153. The average Bonchev–Trinajstić information content (AvgIpc) is 2.56. The molecular weight excluding hydrogens is 333 g/mol. The van der Waals surface area contributed by atoms with Crippen LogP contribution >= 0.6 is 0 Å². The second-order valence-electron chi connectivity index (χ2n) is 8.55. The number of hydrogen-bond donors (Lipinski definition) is 1. The molecule has 0 spiro atoms.